The molecule has 0 amide bonds. The lowest BCUT2D eigenvalue weighted by Gasteiger charge is -1.96. The summed E-state index contributed by atoms with van der Waals surface area (Å²) < 4.78 is 1.83. The zero-order valence-electron chi connectivity index (χ0n) is 8.55. The van der Waals surface area contributed by atoms with Crippen molar-refractivity contribution >= 4 is 11.3 Å². The molecule has 80 valence electrons. The highest BCUT2D eigenvalue weighted by atomic mass is 32.1. The van der Waals surface area contributed by atoms with Crippen LogP contribution in [0.25, 0.3) is 0 Å². The van der Waals surface area contributed by atoms with E-state index < -0.39 is 0 Å². The third-order valence-corrected chi connectivity index (χ3v) is 2.68. The van der Waals surface area contributed by atoms with E-state index in [9.17, 15) is 0 Å². The first-order chi connectivity index (χ1) is 7.38. The van der Waals surface area contributed by atoms with Gasteiger partial charge in [-0.05, 0) is 6.54 Å². The Bertz CT molecular complexity index is 394. The Hall–Kier alpha value is -1.27. The molecule has 1 N–H and O–H groups in total. The number of nitrogens with zero attached hydrogens (tertiary/aromatic N) is 4. The maximum absolute atomic E-state index is 4.34. The second-order valence-electron chi connectivity index (χ2n) is 3.11. The van der Waals surface area contributed by atoms with Gasteiger partial charge in [0.15, 0.2) is 5.82 Å². The van der Waals surface area contributed by atoms with Crippen LogP contribution < -0.4 is 5.32 Å². The van der Waals surface area contributed by atoms with Crippen LogP contribution in [0, 0.1) is 0 Å². The molecule has 0 saturated carbocycles. The van der Waals surface area contributed by atoms with Gasteiger partial charge in [0.2, 0.25) is 0 Å². The first-order valence-electron chi connectivity index (χ1n) is 4.85. The van der Waals surface area contributed by atoms with Crippen LogP contribution in [-0.4, -0.2) is 26.3 Å². The van der Waals surface area contributed by atoms with Gasteiger partial charge in [-0.2, -0.15) is 5.10 Å². The number of hydrogen-bond acceptors (Lipinski definition) is 5. The van der Waals surface area contributed by atoms with Gasteiger partial charge in [-0.1, -0.05) is 6.92 Å². The highest BCUT2D eigenvalue weighted by molar-refractivity contribution is 7.09. The number of nitrogens with one attached hydrogen (secondary N) is 1. The van der Waals surface area contributed by atoms with Crippen molar-refractivity contribution in [3.05, 3.63) is 28.7 Å². The molecular formula is C9H13N5S. The minimum atomic E-state index is 0.728. The van der Waals surface area contributed by atoms with Crippen LogP contribution in [0.4, 0.5) is 0 Å². The van der Waals surface area contributed by atoms with Gasteiger partial charge in [-0.25, -0.2) is 9.67 Å². The molecule has 0 aliphatic carbocycles. The van der Waals surface area contributed by atoms with Crippen LogP contribution in [-0.2, 0) is 13.1 Å². The first kappa shape index (κ1) is 10.3. The van der Waals surface area contributed by atoms with Crippen molar-refractivity contribution in [1.82, 2.24) is 25.1 Å². The van der Waals surface area contributed by atoms with E-state index >= 15 is 0 Å². The third-order valence-electron chi connectivity index (χ3n) is 1.92. The molecule has 0 saturated heterocycles. The normalized spacial score (nSPS) is 10.7. The Labute approximate surface area is 92.2 Å². The summed E-state index contributed by atoms with van der Waals surface area (Å²) in [4.78, 5) is 9.42. The quantitative estimate of drug-likeness (QED) is 0.818. The number of hydrogen-bond donors (Lipinski definition) is 1. The molecule has 2 aromatic rings. The second kappa shape index (κ2) is 4.99. The van der Waals surface area contributed by atoms with Gasteiger partial charge in [0.1, 0.15) is 6.33 Å². The number of aromatic nitrogens is 4. The van der Waals surface area contributed by atoms with Crippen molar-refractivity contribution in [2.24, 2.45) is 0 Å². The standard InChI is InChI=1S/C9H13N5S/c1-2-10-4-9-12-6-14(13-9)5-8-3-11-7-15-8/h3,6-7,10H,2,4-5H2,1H3. The van der Waals surface area contributed by atoms with Crippen molar-refractivity contribution in [2.45, 2.75) is 20.0 Å². The van der Waals surface area contributed by atoms with Crippen LogP contribution in [0.3, 0.4) is 0 Å². The SMILES string of the molecule is CCNCc1ncn(Cc2cncs2)n1. The lowest BCUT2D eigenvalue weighted by Crippen LogP contribution is -2.13. The van der Waals surface area contributed by atoms with Crippen molar-refractivity contribution in [3.63, 3.8) is 0 Å². The summed E-state index contributed by atoms with van der Waals surface area (Å²) in [6.07, 6.45) is 3.61. The molecule has 0 atom stereocenters. The molecular weight excluding hydrogens is 210 g/mol. The van der Waals surface area contributed by atoms with Crippen LogP contribution in [0.15, 0.2) is 18.0 Å². The summed E-state index contributed by atoms with van der Waals surface area (Å²) in [6.45, 7) is 4.48. The van der Waals surface area contributed by atoms with E-state index in [1.54, 1.807) is 17.7 Å². The summed E-state index contributed by atoms with van der Waals surface area (Å²) in [7, 11) is 0. The fourth-order valence-corrected chi connectivity index (χ4v) is 1.79. The summed E-state index contributed by atoms with van der Waals surface area (Å²) in [5.74, 6) is 0.835. The molecule has 0 bridgehead atoms. The van der Waals surface area contributed by atoms with E-state index in [1.165, 1.54) is 4.88 Å². The van der Waals surface area contributed by atoms with Crippen molar-refractivity contribution in [2.75, 3.05) is 6.54 Å². The highest BCUT2D eigenvalue weighted by Gasteiger charge is 2.01. The molecule has 0 unspecified atom stereocenters. The molecule has 2 heterocycles. The highest BCUT2D eigenvalue weighted by Crippen LogP contribution is 2.06. The molecule has 5 nitrogen and oxygen atoms in total. The van der Waals surface area contributed by atoms with Gasteiger partial charge in [0.25, 0.3) is 0 Å². The average molecular weight is 223 g/mol. The Morgan fingerprint density at radius 2 is 2.47 bits per heavy atom. The average Bonchev–Trinajstić information content (AvgIpc) is 2.87. The zero-order valence-corrected chi connectivity index (χ0v) is 9.37. The van der Waals surface area contributed by atoms with Gasteiger partial charge in [0.05, 0.1) is 18.6 Å². The fraction of sp³-hybridized carbons (Fsp3) is 0.444. The van der Waals surface area contributed by atoms with Crippen LogP contribution >= 0.6 is 11.3 Å². The molecule has 0 fully saturated rings. The predicted octanol–water partition coefficient (Wildman–Crippen LogP) is 0.892. The first-order valence-corrected chi connectivity index (χ1v) is 5.73. The Kier molecular flexibility index (Phi) is 3.41. The summed E-state index contributed by atoms with van der Waals surface area (Å²) in [5, 5.41) is 7.53. The van der Waals surface area contributed by atoms with E-state index in [2.05, 4.69) is 27.3 Å². The predicted molar refractivity (Wildman–Crippen MR) is 58.6 cm³/mol. The molecule has 0 spiro atoms. The van der Waals surface area contributed by atoms with Gasteiger partial charge < -0.3 is 5.32 Å². The van der Waals surface area contributed by atoms with Gasteiger partial charge in [-0.15, -0.1) is 11.3 Å². The van der Waals surface area contributed by atoms with E-state index in [4.69, 9.17) is 0 Å². The lowest BCUT2D eigenvalue weighted by molar-refractivity contribution is 0.646. The lowest BCUT2D eigenvalue weighted by atomic mass is 10.5. The molecule has 0 radical (unpaired) electrons. The van der Waals surface area contributed by atoms with Crippen LogP contribution in [0.2, 0.25) is 0 Å². The maximum atomic E-state index is 4.34. The maximum Gasteiger partial charge on any atom is 0.164 e. The van der Waals surface area contributed by atoms with Crippen molar-refractivity contribution < 1.29 is 0 Å². The second-order valence-corrected chi connectivity index (χ2v) is 4.08. The molecule has 6 heteroatoms. The molecule has 15 heavy (non-hydrogen) atoms. The van der Waals surface area contributed by atoms with Gasteiger partial charge >= 0.3 is 0 Å². The third kappa shape index (κ3) is 2.84. The smallest absolute Gasteiger partial charge is 0.164 e. The Morgan fingerprint density at radius 1 is 1.53 bits per heavy atom. The molecule has 0 aliphatic rings. The summed E-state index contributed by atoms with van der Waals surface area (Å²) in [6, 6.07) is 0. The van der Waals surface area contributed by atoms with E-state index in [0.717, 1.165) is 25.5 Å². The largest absolute Gasteiger partial charge is 0.310 e. The van der Waals surface area contributed by atoms with Crippen LogP contribution in [0.1, 0.15) is 17.6 Å². The van der Waals surface area contributed by atoms with Crippen molar-refractivity contribution in [3.8, 4) is 0 Å². The number of thiazole rings is 1. The minimum Gasteiger partial charge on any atom is -0.310 e. The zero-order chi connectivity index (χ0) is 10.5. The Balaban J connectivity index is 1.95. The fourth-order valence-electron chi connectivity index (χ4n) is 1.21. The monoisotopic (exact) mass is 223 g/mol. The number of rotatable bonds is 5. The van der Waals surface area contributed by atoms with Crippen molar-refractivity contribution in [1.29, 1.82) is 0 Å². The topological polar surface area (TPSA) is 55.6 Å². The van der Waals surface area contributed by atoms with E-state index in [1.807, 2.05) is 16.4 Å². The summed E-state index contributed by atoms with van der Waals surface area (Å²) >= 11 is 1.63. The van der Waals surface area contributed by atoms with E-state index in [0.29, 0.717) is 0 Å². The van der Waals surface area contributed by atoms with E-state index in [-0.39, 0.29) is 0 Å². The van der Waals surface area contributed by atoms with Gasteiger partial charge in [-0.3, -0.25) is 4.98 Å². The molecule has 0 aromatic carbocycles. The summed E-state index contributed by atoms with van der Waals surface area (Å²) in [5.41, 5.74) is 1.83. The minimum absolute atomic E-state index is 0.728. The van der Waals surface area contributed by atoms with Crippen LogP contribution in [0.5, 0.6) is 0 Å². The molecule has 2 rings (SSSR count). The Morgan fingerprint density at radius 3 is 3.20 bits per heavy atom. The molecule has 2 aromatic heterocycles. The van der Waals surface area contributed by atoms with Gasteiger partial charge in [0, 0.05) is 11.1 Å². The molecule has 0 aliphatic heterocycles.